The van der Waals surface area contributed by atoms with Gasteiger partial charge in [0.1, 0.15) is 6.61 Å². The van der Waals surface area contributed by atoms with Crippen LogP contribution < -0.4 is 9.47 Å². The Balaban J connectivity index is 2.21. The van der Waals surface area contributed by atoms with Crippen molar-refractivity contribution in [1.82, 2.24) is 4.98 Å². The van der Waals surface area contributed by atoms with Gasteiger partial charge in [0, 0.05) is 5.38 Å². The van der Waals surface area contributed by atoms with Crippen LogP contribution in [0.2, 0.25) is 0 Å². The second-order valence-corrected chi connectivity index (χ2v) is 3.98. The molecule has 0 aliphatic heterocycles. The summed E-state index contributed by atoms with van der Waals surface area (Å²) in [4.78, 5) is 15.0. The molecule has 0 spiro atoms. The van der Waals surface area contributed by atoms with Crippen molar-refractivity contribution >= 4 is 17.6 Å². The number of hydrogen-bond acceptors (Lipinski definition) is 5. The molecule has 0 fully saturated rings. The first-order valence-electron chi connectivity index (χ1n) is 4.97. The minimum atomic E-state index is 0.324. The molecule has 4 nitrogen and oxygen atoms in total. The van der Waals surface area contributed by atoms with E-state index < -0.39 is 0 Å². The predicted octanol–water partition coefficient (Wildman–Crippen LogP) is 2.54. The average molecular weight is 249 g/mol. The molecule has 2 rings (SSSR count). The maximum atomic E-state index is 10.9. The second-order valence-electron chi connectivity index (χ2n) is 3.26. The van der Waals surface area contributed by atoms with Gasteiger partial charge in [0.2, 0.25) is 0 Å². The minimum Gasteiger partial charge on any atom is -0.493 e. The molecule has 0 amide bonds. The molecule has 1 aromatic carbocycles. The van der Waals surface area contributed by atoms with Crippen molar-refractivity contribution in [2.75, 3.05) is 7.11 Å². The number of nitrogens with zero attached hydrogens (tertiary/aromatic N) is 1. The fourth-order valence-corrected chi connectivity index (χ4v) is 1.94. The van der Waals surface area contributed by atoms with Gasteiger partial charge in [-0.05, 0) is 12.1 Å². The highest BCUT2D eigenvalue weighted by Crippen LogP contribution is 2.30. The lowest BCUT2D eigenvalue weighted by molar-refractivity contribution is 0.111. The molecule has 0 aliphatic carbocycles. The first-order chi connectivity index (χ1) is 8.35. The lowest BCUT2D eigenvalue weighted by atomic mass is 10.2. The highest BCUT2D eigenvalue weighted by atomic mass is 32.1. The van der Waals surface area contributed by atoms with E-state index in [1.54, 1.807) is 30.8 Å². The number of hydrogen-bond donors (Lipinski definition) is 0. The third kappa shape index (κ3) is 2.62. The van der Waals surface area contributed by atoms with E-state index in [0.29, 0.717) is 23.7 Å². The number of carbonyl (C=O) groups excluding carboxylic acids is 1. The van der Waals surface area contributed by atoms with Crippen LogP contribution in [0.5, 0.6) is 11.5 Å². The van der Waals surface area contributed by atoms with Crippen molar-refractivity contribution in [3.8, 4) is 11.5 Å². The van der Waals surface area contributed by atoms with E-state index in [4.69, 9.17) is 9.47 Å². The lowest BCUT2D eigenvalue weighted by Crippen LogP contribution is -2.00. The van der Waals surface area contributed by atoms with Gasteiger partial charge in [0.05, 0.1) is 23.9 Å². The summed E-state index contributed by atoms with van der Waals surface area (Å²) in [6, 6.07) is 5.19. The molecule has 1 aromatic heterocycles. The molecule has 0 saturated heterocycles. The average Bonchev–Trinajstić information content (AvgIpc) is 2.88. The normalized spacial score (nSPS) is 9.94. The molecule has 5 heteroatoms. The molecule has 17 heavy (non-hydrogen) atoms. The second kappa shape index (κ2) is 5.45. The summed E-state index contributed by atoms with van der Waals surface area (Å²) < 4.78 is 10.7. The number of aromatic nitrogens is 1. The summed E-state index contributed by atoms with van der Waals surface area (Å²) in [6.45, 7) is 0.324. The molecule has 0 N–H and O–H groups in total. The fraction of sp³-hybridized carbons (Fsp3) is 0.167. The van der Waals surface area contributed by atoms with E-state index in [0.717, 1.165) is 12.0 Å². The first-order valence-corrected chi connectivity index (χ1v) is 5.91. The maximum Gasteiger partial charge on any atom is 0.172 e. The Labute approximate surface area is 103 Å². The van der Waals surface area contributed by atoms with Crippen molar-refractivity contribution in [3.63, 3.8) is 0 Å². The largest absolute Gasteiger partial charge is 0.493 e. The molecular formula is C12H11NO3S. The molecule has 2 aromatic rings. The SMILES string of the molecule is COc1cccc(C=O)c1OCc1cscn1. The zero-order valence-corrected chi connectivity index (χ0v) is 10.1. The predicted molar refractivity (Wildman–Crippen MR) is 64.8 cm³/mol. The van der Waals surface area contributed by atoms with Crippen LogP contribution in [0.15, 0.2) is 29.1 Å². The number of carbonyl (C=O) groups is 1. The molecule has 0 aliphatic rings. The van der Waals surface area contributed by atoms with Crippen LogP contribution in [-0.4, -0.2) is 18.4 Å². The first kappa shape index (κ1) is 11.6. The summed E-state index contributed by atoms with van der Waals surface area (Å²) in [6.07, 6.45) is 0.749. The van der Waals surface area contributed by atoms with E-state index in [1.807, 2.05) is 5.38 Å². The number of para-hydroxylation sites is 1. The summed E-state index contributed by atoms with van der Waals surface area (Å²) in [5.74, 6) is 1.00. The van der Waals surface area contributed by atoms with Crippen LogP contribution in [0.25, 0.3) is 0 Å². The van der Waals surface area contributed by atoms with Crippen molar-refractivity contribution < 1.29 is 14.3 Å². The number of thiazole rings is 1. The molecule has 88 valence electrons. The highest BCUT2D eigenvalue weighted by Gasteiger charge is 2.10. The van der Waals surface area contributed by atoms with E-state index in [1.165, 1.54) is 11.3 Å². The monoisotopic (exact) mass is 249 g/mol. The number of benzene rings is 1. The van der Waals surface area contributed by atoms with Gasteiger partial charge in [-0.25, -0.2) is 4.98 Å². The van der Waals surface area contributed by atoms with Gasteiger partial charge in [0.25, 0.3) is 0 Å². The minimum absolute atomic E-state index is 0.324. The van der Waals surface area contributed by atoms with E-state index in [2.05, 4.69) is 4.98 Å². The molecule has 0 atom stereocenters. The standard InChI is InChI=1S/C12H11NO3S/c1-15-11-4-2-3-9(5-14)12(11)16-6-10-7-17-8-13-10/h2-5,7-8H,6H2,1H3. The summed E-state index contributed by atoms with van der Waals surface area (Å²) in [5, 5.41) is 1.90. The third-order valence-electron chi connectivity index (χ3n) is 2.20. The van der Waals surface area contributed by atoms with Gasteiger partial charge in [-0.2, -0.15) is 0 Å². The quantitative estimate of drug-likeness (QED) is 0.764. The Morgan fingerprint density at radius 1 is 1.47 bits per heavy atom. The zero-order chi connectivity index (χ0) is 12.1. The number of methoxy groups -OCH3 is 1. The van der Waals surface area contributed by atoms with Crippen LogP contribution in [-0.2, 0) is 6.61 Å². The lowest BCUT2D eigenvalue weighted by Gasteiger charge is -2.11. The Bertz CT molecular complexity index is 496. The Hall–Kier alpha value is -1.88. The van der Waals surface area contributed by atoms with Gasteiger partial charge in [-0.1, -0.05) is 6.07 Å². The summed E-state index contributed by atoms with van der Waals surface area (Å²) in [5.41, 5.74) is 3.04. The third-order valence-corrected chi connectivity index (χ3v) is 2.84. The highest BCUT2D eigenvalue weighted by molar-refractivity contribution is 7.07. The van der Waals surface area contributed by atoms with E-state index >= 15 is 0 Å². The zero-order valence-electron chi connectivity index (χ0n) is 9.25. The van der Waals surface area contributed by atoms with Crippen LogP contribution in [0, 0.1) is 0 Å². The van der Waals surface area contributed by atoms with Gasteiger partial charge in [0.15, 0.2) is 17.8 Å². The van der Waals surface area contributed by atoms with E-state index in [9.17, 15) is 4.79 Å². The van der Waals surface area contributed by atoms with Gasteiger partial charge in [-0.3, -0.25) is 4.79 Å². The molecule has 0 unspecified atom stereocenters. The van der Waals surface area contributed by atoms with E-state index in [-0.39, 0.29) is 0 Å². The molecular weight excluding hydrogens is 238 g/mol. The van der Waals surface area contributed by atoms with Crippen molar-refractivity contribution in [1.29, 1.82) is 0 Å². The van der Waals surface area contributed by atoms with Crippen LogP contribution in [0.4, 0.5) is 0 Å². The summed E-state index contributed by atoms with van der Waals surface area (Å²) in [7, 11) is 1.54. The van der Waals surface area contributed by atoms with Crippen LogP contribution >= 0.6 is 11.3 Å². The molecule has 1 heterocycles. The fourth-order valence-electron chi connectivity index (χ4n) is 1.40. The Morgan fingerprint density at radius 3 is 3.00 bits per heavy atom. The van der Waals surface area contributed by atoms with Crippen LogP contribution in [0.3, 0.4) is 0 Å². The van der Waals surface area contributed by atoms with Gasteiger partial charge in [-0.15, -0.1) is 11.3 Å². The van der Waals surface area contributed by atoms with Gasteiger partial charge >= 0.3 is 0 Å². The smallest absolute Gasteiger partial charge is 0.172 e. The Kier molecular flexibility index (Phi) is 3.72. The van der Waals surface area contributed by atoms with Crippen molar-refractivity contribution in [3.05, 3.63) is 40.3 Å². The van der Waals surface area contributed by atoms with Crippen molar-refractivity contribution in [2.24, 2.45) is 0 Å². The topological polar surface area (TPSA) is 48.4 Å². The number of aldehydes is 1. The maximum absolute atomic E-state index is 10.9. The summed E-state index contributed by atoms with van der Waals surface area (Å²) >= 11 is 1.50. The van der Waals surface area contributed by atoms with Gasteiger partial charge < -0.3 is 9.47 Å². The molecule has 0 radical (unpaired) electrons. The van der Waals surface area contributed by atoms with Crippen molar-refractivity contribution in [2.45, 2.75) is 6.61 Å². The Morgan fingerprint density at radius 2 is 2.35 bits per heavy atom. The molecule has 0 saturated carbocycles. The van der Waals surface area contributed by atoms with Crippen LogP contribution in [0.1, 0.15) is 16.1 Å². The molecule has 0 bridgehead atoms. The number of rotatable bonds is 5. The number of ether oxygens (including phenoxy) is 2.